The molecule has 0 aliphatic carbocycles. The lowest BCUT2D eigenvalue weighted by Crippen LogP contribution is -2.25. The molecule has 198 valence electrons. The molecule has 1 aliphatic heterocycles. The topological polar surface area (TPSA) is 91.5 Å². The van der Waals surface area contributed by atoms with Gasteiger partial charge in [0.1, 0.15) is 5.52 Å². The number of nitrogens with zero attached hydrogens (tertiary/aromatic N) is 3. The van der Waals surface area contributed by atoms with E-state index in [1.165, 1.54) is 11.3 Å². The fourth-order valence-corrected chi connectivity index (χ4v) is 6.48. The lowest BCUT2D eigenvalue weighted by atomic mass is 9.96. The van der Waals surface area contributed by atoms with Crippen LogP contribution >= 0.6 is 34.5 Å². The van der Waals surface area contributed by atoms with Gasteiger partial charge in [0, 0.05) is 35.5 Å². The van der Waals surface area contributed by atoms with Crippen LogP contribution in [-0.4, -0.2) is 39.5 Å². The molecule has 3 heterocycles. The van der Waals surface area contributed by atoms with E-state index in [9.17, 15) is 9.90 Å². The predicted octanol–water partition coefficient (Wildman–Crippen LogP) is 6.97. The standard InChI is InChI=1S/C29H24Cl2N4O3S/c1-15-17(5-3-6-18(15)28-33-23-12-16(14-36)11-20(30)26(23)38-28)19-7-4-8-22(25(19)31)32-27(37)29-34-21-9-10-35(2)13-24(21)39-29/h3-8,11-12,36H,9-10,13-14H2,1-2H3,(H,32,37). The van der Waals surface area contributed by atoms with E-state index in [0.717, 1.165) is 52.3 Å². The van der Waals surface area contributed by atoms with Gasteiger partial charge in [-0.05, 0) is 54.9 Å². The van der Waals surface area contributed by atoms with Crippen molar-refractivity contribution < 1.29 is 14.3 Å². The Morgan fingerprint density at radius 1 is 1.13 bits per heavy atom. The van der Waals surface area contributed by atoms with Gasteiger partial charge in [-0.15, -0.1) is 11.3 Å². The van der Waals surface area contributed by atoms with Gasteiger partial charge in [0.05, 0.1) is 28.0 Å². The number of aromatic nitrogens is 2. The second-order valence-electron chi connectivity index (χ2n) is 9.58. The van der Waals surface area contributed by atoms with Crippen molar-refractivity contribution in [3.63, 3.8) is 0 Å². The van der Waals surface area contributed by atoms with Crippen LogP contribution < -0.4 is 5.32 Å². The minimum atomic E-state index is -0.271. The molecule has 7 nitrogen and oxygen atoms in total. The molecule has 1 aliphatic rings. The average molecular weight is 580 g/mol. The zero-order valence-corrected chi connectivity index (χ0v) is 23.5. The lowest BCUT2D eigenvalue weighted by Gasteiger charge is -2.20. The fourth-order valence-electron chi connectivity index (χ4n) is 4.84. The Bertz CT molecular complexity index is 1750. The number of anilines is 1. The number of hydrogen-bond donors (Lipinski definition) is 2. The number of halogens is 2. The van der Waals surface area contributed by atoms with Crippen molar-refractivity contribution in [3.05, 3.63) is 85.3 Å². The van der Waals surface area contributed by atoms with Gasteiger partial charge >= 0.3 is 0 Å². The third-order valence-corrected chi connectivity index (χ3v) is 8.67. The number of nitrogens with one attached hydrogen (secondary N) is 1. The van der Waals surface area contributed by atoms with Crippen LogP contribution in [0.5, 0.6) is 0 Å². The van der Waals surface area contributed by atoms with Gasteiger partial charge in [0.2, 0.25) is 5.89 Å². The second-order valence-corrected chi connectivity index (χ2v) is 11.4. The number of benzene rings is 3. The molecule has 1 amide bonds. The van der Waals surface area contributed by atoms with E-state index in [1.807, 2.05) is 37.3 Å². The van der Waals surface area contributed by atoms with Gasteiger partial charge in [-0.25, -0.2) is 9.97 Å². The maximum atomic E-state index is 13.1. The summed E-state index contributed by atoms with van der Waals surface area (Å²) in [6.45, 7) is 3.57. The van der Waals surface area contributed by atoms with Gasteiger partial charge in [0.25, 0.3) is 5.91 Å². The number of amides is 1. The van der Waals surface area contributed by atoms with Gasteiger partial charge in [-0.2, -0.15) is 0 Å². The average Bonchev–Trinajstić information content (AvgIpc) is 3.54. The zero-order valence-electron chi connectivity index (χ0n) is 21.2. The molecule has 0 saturated carbocycles. The van der Waals surface area contributed by atoms with E-state index in [0.29, 0.717) is 43.3 Å². The van der Waals surface area contributed by atoms with E-state index >= 15 is 0 Å². The Balaban J connectivity index is 1.33. The van der Waals surface area contributed by atoms with E-state index < -0.39 is 0 Å². The summed E-state index contributed by atoms with van der Waals surface area (Å²) < 4.78 is 6.03. The largest absolute Gasteiger partial charge is 0.434 e. The molecular weight excluding hydrogens is 555 g/mol. The van der Waals surface area contributed by atoms with E-state index in [2.05, 4.69) is 27.2 Å². The number of fused-ring (bicyclic) bond motifs is 2. The highest BCUT2D eigenvalue weighted by atomic mass is 35.5. The van der Waals surface area contributed by atoms with Crippen molar-refractivity contribution in [1.29, 1.82) is 0 Å². The minimum absolute atomic E-state index is 0.139. The van der Waals surface area contributed by atoms with Crippen molar-refractivity contribution in [2.24, 2.45) is 0 Å². The highest BCUT2D eigenvalue weighted by molar-refractivity contribution is 7.13. The fraction of sp³-hybridized carbons (Fsp3) is 0.207. The van der Waals surface area contributed by atoms with E-state index in [4.69, 9.17) is 27.6 Å². The van der Waals surface area contributed by atoms with Crippen molar-refractivity contribution in [3.8, 4) is 22.6 Å². The number of carbonyl (C=O) groups excluding carboxylic acids is 1. The quantitative estimate of drug-likeness (QED) is 0.234. The first-order valence-corrected chi connectivity index (χ1v) is 14.0. The summed E-state index contributed by atoms with van der Waals surface area (Å²) in [5.41, 5.74) is 6.56. The number of aliphatic hydroxyl groups is 1. The Morgan fingerprint density at radius 3 is 2.72 bits per heavy atom. The first-order chi connectivity index (χ1) is 18.8. The highest BCUT2D eigenvalue weighted by Crippen LogP contribution is 2.39. The number of rotatable bonds is 5. The number of hydrogen-bond acceptors (Lipinski definition) is 7. The Morgan fingerprint density at radius 2 is 1.90 bits per heavy atom. The normalized spacial score (nSPS) is 13.6. The Kier molecular flexibility index (Phi) is 6.91. The number of likely N-dealkylation sites (N-methyl/N-ethyl adjacent to an activating group) is 1. The highest BCUT2D eigenvalue weighted by Gasteiger charge is 2.23. The van der Waals surface area contributed by atoms with Crippen LogP contribution in [0.25, 0.3) is 33.7 Å². The van der Waals surface area contributed by atoms with Crippen molar-refractivity contribution in [1.82, 2.24) is 14.9 Å². The SMILES string of the molecule is Cc1c(-c2nc3cc(CO)cc(Cl)c3o2)cccc1-c1cccc(NC(=O)c2nc3c(s2)CN(C)CC3)c1Cl. The molecular formula is C29H24Cl2N4O3S. The summed E-state index contributed by atoms with van der Waals surface area (Å²) in [6.07, 6.45) is 0.844. The van der Waals surface area contributed by atoms with Gasteiger partial charge < -0.3 is 19.7 Å². The molecule has 2 aromatic heterocycles. The monoisotopic (exact) mass is 578 g/mol. The molecule has 39 heavy (non-hydrogen) atoms. The van der Waals surface area contributed by atoms with Gasteiger partial charge in [-0.3, -0.25) is 4.79 Å². The molecule has 0 atom stereocenters. The summed E-state index contributed by atoms with van der Waals surface area (Å²) in [7, 11) is 2.07. The predicted molar refractivity (Wildman–Crippen MR) is 156 cm³/mol. The molecule has 10 heteroatoms. The van der Waals surface area contributed by atoms with Crippen LogP contribution in [0.1, 0.15) is 31.5 Å². The maximum Gasteiger partial charge on any atom is 0.284 e. The molecule has 5 aromatic rings. The molecule has 0 spiro atoms. The second kappa shape index (κ2) is 10.4. The van der Waals surface area contributed by atoms with Crippen LogP contribution in [0.3, 0.4) is 0 Å². The smallest absolute Gasteiger partial charge is 0.284 e. The summed E-state index contributed by atoms with van der Waals surface area (Å²) >= 11 is 14.7. The molecule has 0 radical (unpaired) electrons. The van der Waals surface area contributed by atoms with Crippen LogP contribution in [0, 0.1) is 6.92 Å². The van der Waals surface area contributed by atoms with Gasteiger partial charge in [0.15, 0.2) is 10.6 Å². The number of aliphatic hydroxyl groups excluding tert-OH is 1. The molecule has 0 unspecified atom stereocenters. The number of carbonyl (C=O) groups is 1. The minimum Gasteiger partial charge on any atom is -0.434 e. The number of oxazole rings is 1. The third-order valence-electron chi connectivity index (χ3n) is 6.90. The van der Waals surface area contributed by atoms with Crippen molar-refractivity contribution in [2.75, 3.05) is 18.9 Å². The Labute approximate surface area is 239 Å². The summed E-state index contributed by atoms with van der Waals surface area (Å²) in [5, 5.41) is 13.7. The molecule has 0 bridgehead atoms. The third kappa shape index (κ3) is 4.83. The summed E-state index contributed by atoms with van der Waals surface area (Å²) in [5.74, 6) is 0.146. The Hall–Kier alpha value is -3.27. The summed E-state index contributed by atoms with van der Waals surface area (Å²) in [6, 6.07) is 14.8. The molecule has 0 fully saturated rings. The molecule has 2 N–H and O–H groups in total. The van der Waals surface area contributed by atoms with Crippen molar-refractivity contribution >= 4 is 57.2 Å². The van der Waals surface area contributed by atoms with Gasteiger partial charge in [-0.1, -0.05) is 47.5 Å². The first-order valence-electron chi connectivity index (χ1n) is 12.4. The van der Waals surface area contributed by atoms with Crippen LogP contribution in [0.2, 0.25) is 10.0 Å². The molecule has 0 saturated heterocycles. The maximum absolute atomic E-state index is 13.1. The molecule has 6 rings (SSSR count). The summed E-state index contributed by atoms with van der Waals surface area (Å²) in [4.78, 5) is 25.7. The van der Waals surface area contributed by atoms with Crippen LogP contribution in [0.15, 0.2) is 52.9 Å². The van der Waals surface area contributed by atoms with Crippen LogP contribution in [0.4, 0.5) is 5.69 Å². The van der Waals surface area contributed by atoms with E-state index in [1.54, 1.807) is 18.2 Å². The first kappa shape index (κ1) is 26.0. The lowest BCUT2D eigenvalue weighted by molar-refractivity contribution is 0.102. The van der Waals surface area contributed by atoms with Crippen LogP contribution in [-0.2, 0) is 19.6 Å². The zero-order chi connectivity index (χ0) is 27.3. The molecule has 3 aromatic carbocycles. The van der Waals surface area contributed by atoms with E-state index in [-0.39, 0.29) is 12.5 Å². The number of thiazole rings is 1. The van der Waals surface area contributed by atoms with Crippen molar-refractivity contribution in [2.45, 2.75) is 26.5 Å².